The van der Waals surface area contributed by atoms with E-state index in [1.807, 2.05) is 0 Å². The fourth-order valence-electron chi connectivity index (χ4n) is 2.08. The normalized spacial score (nSPS) is 11.2. The van der Waals surface area contributed by atoms with Crippen LogP contribution in [-0.4, -0.2) is 30.7 Å². The van der Waals surface area contributed by atoms with E-state index in [0.29, 0.717) is 0 Å². The summed E-state index contributed by atoms with van der Waals surface area (Å²) in [6.45, 7) is 8.25. The standard InChI is InChI=1S/C14H32NP/c1-3-15(4-2)13-11-9-7-5-6-8-10-12-14-16/h3-14,16H2,1-2H3. The van der Waals surface area contributed by atoms with Crippen LogP contribution in [0.4, 0.5) is 0 Å². The van der Waals surface area contributed by atoms with Crippen molar-refractivity contribution in [3.63, 3.8) is 0 Å². The third kappa shape index (κ3) is 10.9. The zero-order valence-electron chi connectivity index (χ0n) is 11.5. The van der Waals surface area contributed by atoms with Crippen LogP contribution in [0.5, 0.6) is 0 Å². The lowest BCUT2D eigenvalue weighted by Gasteiger charge is -2.17. The highest BCUT2D eigenvalue weighted by molar-refractivity contribution is 7.16. The number of unbranched alkanes of at least 4 members (excludes halogenated alkanes) is 7. The topological polar surface area (TPSA) is 3.24 Å². The van der Waals surface area contributed by atoms with Crippen molar-refractivity contribution >= 4 is 9.24 Å². The predicted octanol–water partition coefficient (Wildman–Crippen LogP) is 4.32. The predicted molar refractivity (Wildman–Crippen MR) is 79.3 cm³/mol. The molecular weight excluding hydrogens is 213 g/mol. The first kappa shape index (κ1) is 16.4. The molecular formula is C14H32NP. The van der Waals surface area contributed by atoms with Crippen LogP contribution >= 0.6 is 9.24 Å². The SMILES string of the molecule is CCN(CC)CCCCCCCCCCP. The summed E-state index contributed by atoms with van der Waals surface area (Å²) in [5.41, 5.74) is 0. The molecule has 0 radical (unpaired) electrons. The van der Waals surface area contributed by atoms with Crippen LogP contribution < -0.4 is 0 Å². The summed E-state index contributed by atoms with van der Waals surface area (Å²) < 4.78 is 0. The Kier molecular flexibility index (Phi) is 13.8. The van der Waals surface area contributed by atoms with Crippen LogP contribution in [0.2, 0.25) is 0 Å². The van der Waals surface area contributed by atoms with Crippen LogP contribution in [0.1, 0.15) is 65.2 Å². The van der Waals surface area contributed by atoms with Crippen molar-refractivity contribution in [3.8, 4) is 0 Å². The fraction of sp³-hybridized carbons (Fsp3) is 1.00. The van der Waals surface area contributed by atoms with Crippen LogP contribution in [0, 0.1) is 0 Å². The van der Waals surface area contributed by atoms with Gasteiger partial charge in [0.2, 0.25) is 0 Å². The molecule has 0 aliphatic rings. The number of rotatable bonds is 12. The highest BCUT2D eigenvalue weighted by Crippen LogP contribution is 2.09. The van der Waals surface area contributed by atoms with E-state index in [0.717, 1.165) is 0 Å². The van der Waals surface area contributed by atoms with Gasteiger partial charge in [-0.25, -0.2) is 0 Å². The molecule has 0 saturated heterocycles. The maximum Gasteiger partial charge on any atom is -0.00190 e. The zero-order valence-corrected chi connectivity index (χ0v) is 12.7. The monoisotopic (exact) mass is 245 g/mol. The van der Waals surface area contributed by atoms with Crippen LogP contribution in [-0.2, 0) is 0 Å². The van der Waals surface area contributed by atoms with Gasteiger partial charge in [0.1, 0.15) is 0 Å². The Morgan fingerprint density at radius 2 is 1.12 bits per heavy atom. The minimum Gasteiger partial charge on any atom is -0.304 e. The maximum atomic E-state index is 2.81. The summed E-state index contributed by atoms with van der Waals surface area (Å²) >= 11 is 0. The van der Waals surface area contributed by atoms with Gasteiger partial charge in [0, 0.05) is 0 Å². The van der Waals surface area contributed by atoms with Gasteiger partial charge >= 0.3 is 0 Å². The average molecular weight is 245 g/mol. The molecule has 0 spiro atoms. The first-order valence-electron chi connectivity index (χ1n) is 7.27. The molecule has 98 valence electrons. The van der Waals surface area contributed by atoms with Gasteiger partial charge in [-0.05, 0) is 38.6 Å². The minimum absolute atomic E-state index is 1.21. The molecule has 0 N–H and O–H groups in total. The quantitative estimate of drug-likeness (QED) is 0.365. The molecule has 0 fully saturated rings. The van der Waals surface area contributed by atoms with E-state index in [1.54, 1.807) is 0 Å². The molecule has 0 aromatic rings. The van der Waals surface area contributed by atoms with Gasteiger partial charge < -0.3 is 4.90 Å². The Morgan fingerprint density at radius 3 is 1.56 bits per heavy atom. The Hall–Kier alpha value is 0.390. The van der Waals surface area contributed by atoms with Crippen molar-refractivity contribution < 1.29 is 0 Å². The molecule has 0 bridgehead atoms. The number of hydrogen-bond acceptors (Lipinski definition) is 1. The van der Waals surface area contributed by atoms with E-state index in [4.69, 9.17) is 0 Å². The number of nitrogens with zero attached hydrogens (tertiary/aromatic N) is 1. The second-order valence-electron chi connectivity index (χ2n) is 4.64. The second-order valence-corrected chi connectivity index (χ2v) is 5.22. The highest BCUT2D eigenvalue weighted by atomic mass is 31.0. The molecule has 0 aliphatic heterocycles. The van der Waals surface area contributed by atoms with Crippen molar-refractivity contribution in [2.75, 3.05) is 25.8 Å². The Balaban J connectivity index is 3.03. The van der Waals surface area contributed by atoms with E-state index in [2.05, 4.69) is 28.0 Å². The summed E-state index contributed by atoms with van der Waals surface area (Å²) in [5, 5.41) is 0. The first-order chi connectivity index (χ1) is 7.85. The van der Waals surface area contributed by atoms with Crippen LogP contribution in [0.3, 0.4) is 0 Å². The molecule has 0 heterocycles. The van der Waals surface area contributed by atoms with Crippen LogP contribution in [0.25, 0.3) is 0 Å². The van der Waals surface area contributed by atoms with E-state index in [-0.39, 0.29) is 0 Å². The molecule has 0 saturated carbocycles. The lowest BCUT2D eigenvalue weighted by molar-refractivity contribution is 0.295. The summed E-state index contributed by atoms with van der Waals surface area (Å²) in [5.74, 6) is 0. The van der Waals surface area contributed by atoms with Gasteiger partial charge in [-0.1, -0.05) is 52.4 Å². The minimum atomic E-state index is 1.21. The molecule has 0 aliphatic carbocycles. The van der Waals surface area contributed by atoms with Crippen molar-refractivity contribution in [1.29, 1.82) is 0 Å². The lowest BCUT2D eigenvalue weighted by atomic mass is 10.1. The highest BCUT2D eigenvalue weighted by Gasteiger charge is 1.97. The number of hydrogen-bond donors (Lipinski definition) is 0. The van der Waals surface area contributed by atoms with Crippen LogP contribution in [0.15, 0.2) is 0 Å². The van der Waals surface area contributed by atoms with Gasteiger partial charge in [-0.2, -0.15) is 0 Å². The second kappa shape index (κ2) is 13.5. The molecule has 2 heteroatoms. The Bertz CT molecular complexity index is 124. The molecule has 0 aromatic carbocycles. The third-order valence-corrected chi connectivity index (χ3v) is 3.73. The molecule has 1 unspecified atom stereocenters. The summed E-state index contributed by atoms with van der Waals surface area (Å²) in [7, 11) is 2.81. The maximum absolute atomic E-state index is 2.81. The molecule has 1 atom stereocenters. The van der Waals surface area contributed by atoms with Gasteiger partial charge in [-0.15, -0.1) is 9.24 Å². The van der Waals surface area contributed by atoms with Crippen molar-refractivity contribution in [2.45, 2.75) is 65.2 Å². The van der Waals surface area contributed by atoms with Crippen molar-refractivity contribution in [3.05, 3.63) is 0 Å². The molecule has 16 heavy (non-hydrogen) atoms. The molecule has 0 rings (SSSR count). The summed E-state index contributed by atoms with van der Waals surface area (Å²) in [6.07, 6.45) is 12.7. The fourth-order valence-corrected chi connectivity index (χ4v) is 2.37. The van der Waals surface area contributed by atoms with E-state index >= 15 is 0 Å². The van der Waals surface area contributed by atoms with E-state index in [9.17, 15) is 0 Å². The third-order valence-electron chi connectivity index (χ3n) is 3.32. The molecule has 1 nitrogen and oxygen atoms in total. The van der Waals surface area contributed by atoms with Crippen molar-refractivity contribution in [2.24, 2.45) is 0 Å². The van der Waals surface area contributed by atoms with E-state index < -0.39 is 0 Å². The molecule has 0 aromatic heterocycles. The van der Waals surface area contributed by atoms with Gasteiger partial charge in [0.25, 0.3) is 0 Å². The van der Waals surface area contributed by atoms with Gasteiger partial charge in [0.05, 0.1) is 0 Å². The smallest absolute Gasteiger partial charge is 0.00190 e. The molecule has 0 amide bonds. The van der Waals surface area contributed by atoms with Crippen molar-refractivity contribution in [1.82, 2.24) is 4.90 Å². The lowest BCUT2D eigenvalue weighted by Crippen LogP contribution is -2.23. The van der Waals surface area contributed by atoms with E-state index in [1.165, 1.54) is 77.2 Å². The Morgan fingerprint density at radius 1 is 0.688 bits per heavy atom. The zero-order chi connectivity index (χ0) is 12.1. The summed E-state index contributed by atoms with van der Waals surface area (Å²) in [4.78, 5) is 2.53. The van der Waals surface area contributed by atoms with Gasteiger partial charge in [0.15, 0.2) is 0 Å². The Labute approximate surface area is 106 Å². The summed E-state index contributed by atoms with van der Waals surface area (Å²) in [6, 6.07) is 0. The van der Waals surface area contributed by atoms with Gasteiger partial charge in [-0.3, -0.25) is 0 Å². The average Bonchev–Trinajstić information content (AvgIpc) is 2.32. The largest absolute Gasteiger partial charge is 0.304 e. The first-order valence-corrected chi connectivity index (χ1v) is 8.09.